The quantitative estimate of drug-likeness (QED) is 0.632. The topological polar surface area (TPSA) is 81.7 Å². The molecule has 0 aromatic rings. The van der Waals surface area contributed by atoms with E-state index in [0.29, 0.717) is 24.9 Å². The van der Waals surface area contributed by atoms with Crippen LogP contribution in [0.4, 0.5) is 4.79 Å². The van der Waals surface area contributed by atoms with Gasteiger partial charge in [-0.1, -0.05) is 13.8 Å². The minimum absolute atomic E-state index is 0.00846. The lowest BCUT2D eigenvalue weighted by Gasteiger charge is -2.18. The first-order valence-electron chi connectivity index (χ1n) is 7.78. The van der Waals surface area contributed by atoms with Crippen molar-refractivity contribution in [3.63, 3.8) is 0 Å². The monoisotopic (exact) mass is 299 g/mol. The lowest BCUT2D eigenvalue weighted by atomic mass is 9.94. The molecule has 1 unspecified atom stereocenters. The summed E-state index contributed by atoms with van der Waals surface area (Å²) >= 11 is 0. The highest BCUT2D eigenvalue weighted by molar-refractivity contribution is 5.74. The van der Waals surface area contributed by atoms with Gasteiger partial charge in [0.2, 0.25) is 0 Å². The van der Waals surface area contributed by atoms with Crippen molar-refractivity contribution in [2.75, 3.05) is 33.2 Å². The molecule has 3 N–H and O–H groups in total. The summed E-state index contributed by atoms with van der Waals surface area (Å²) in [5.41, 5.74) is 0. The first-order valence-corrected chi connectivity index (χ1v) is 7.78. The van der Waals surface area contributed by atoms with Crippen LogP contribution in [0.5, 0.6) is 0 Å². The Morgan fingerprint density at radius 2 is 2.05 bits per heavy atom. The lowest BCUT2D eigenvalue weighted by molar-refractivity contribution is -0.138. The van der Waals surface area contributed by atoms with E-state index in [1.807, 2.05) is 0 Å². The molecule has 1 fully saturated rings. The molecule has 0 aromatic carbocycles. The fourth-order valence-electron chi connectivity index (χ4n) is 2.88. The number of likely N-dealkylation sites (tertiary alicyclic amines) is 1. The van der Waals surface area contributed by atoms with Crippen LogP contribution in [0.25, 0.3) is 0 Å². The van der Waals surface area contributed by atoms with Crippen molar-refractivity contribution < 1.29 is 14.7 Å². The zero-order valence-corrected chi connectivity index (χ0v) is 13.4. The van der Waals surface area contributed by atoms with Crippen molar-refractivity contribution in [1.82, 2.24) is 15.5 Å². The van der Waals surface area contributed by atoms with Crippen LogP contribution >= 0.6 is 0 Å². The molecule has 0 spiro atoms. The number of hydrogen-bond donors (Lipinski definition) is 3. The molecule has 122 valence electrons. The standard InChI is InChI=1S/C15H29N3O3/c1-11(2)6-13(7-14(19)20)9-17-15(21)16-8-12-4-5-18(3)10-12/h11-13H,4-10H2,1-3H3,(H,19,20)(H2,16,17,21)/t12?,13-/m0/s1. The highest BCUT2D eigenvalue weighted by atomic mass is 16.4. The Balaban J connectivity index is 2.23. The van der Waals surface area contributed by atoms with Crippen LogP contribution in [0.3, 0.4) is 0 Å². The molecule has 1 heterocycles. The van der Waals surface area contributed by atoms with E-state index in [-0.39, 0.29) is 18.4 Å². The minimum atomic E-state index is -0.808. The molecule has 1 aliphatic rings. The zero-order chi connectivity index (χ0) is 15.8. The number of carbonyl (C=O) groups is 2. The summed E-state index contributed by atoms with van der Waals surface area (Å²) in [6, 6.07) is -0.191. The Labute approximate surface area is 127 Å². The third kappa shape index (κ3) is 7.90. The number of rotatable bonds is 8. The molecule has 0 saturated carbocycles. The van der Waals surface area contributed by atoms with Crippen LogP contribution in [0.15, 0.2) is 0 Å². The van der Waals surface area contributed by atoms with E-state index in [0.717, 1.165) is 25.9 Å². The highest BCUT2D eigenvalue weighted by Crippen LogP contribution is 2.15. The van der Waals surface area contributed by atoms with Crippen LogP contribution in [0, 0.1) is 17.8 Å². The molecule has 2 atom stereocenters. The highest BCUT2D eigenvalue weighted by Gasteiger charge is 2.20. The Hall–Kier alpha value is -1.30. The summed E-state index contributed by atoms with van der Waals surface area (Å²) in [6.07, 6.45) is 2.03. The lowest BCUT2D eigenvalue weighted by Crippen LogP contribution is -2.41. The number of nitrogens with one attached hydrogen (secondary N) is 2. The van der Waals surface area contributed by atoms with Gasteiger partial charge in [-0.15, -0.1) is 0 Å². The van der Waals surface area contributed by atoms with Crippen molar-refractivity contribution in [3.05, 3.63) is 0 Å². The normalized spacial score (nSPS) is 20.5. The van der Waals surface area contributed by atoms with Crippen LogP contribution in [0.2, 0.25) is 0 Å². The molecule has 1 rings (SSSR count). The summed E-state index contributed by atoms with van der Waals surface area (Å²) in [5, 5.41) is 14.6. The molecule has 1 aliphatic heterocycles. The number of hydrogen-bond acceptors (Lipinski definition) is 3. The fourth-order valence-corrected chi connectivity index (χ4v) is 2.88. The molecule has 6 heteroatoms. The van der Waals surface area contributed by atoms with E-state index in [1.54, 1.807) is 0 Å². The van der Waals surface area contributed by atoms with Crippen molar-refractivity contribution in [2.45, 2.75) is 33.1 Å². The van der Waals surface area contributed by atoms with Crippen LogP contribution in [-0.4, -0.2) is 55.2 Å². The maximum Gasteiger partial charge on any atom is 0.314 e. The van der Waals surface area contributed by atoms with E-state index in [1.165, 1.54) is 0 Å². The second kappa shape index (κ2) is 8.87. The minimum Gasteiger partial charge on any atom is -0.481 e. The predicted molar refractivity (Wildman–Crippen MR) is 82.2 cm³/mol. The molecule has 21 heavy (non-hydrogen) atoms. The summed E-state index contributed by atoms with van der Waals surface area (Å²) in [4.78, 5) is 24.9. The summed E-state index contributed by atoms with van der Waals surface area (Å²) in [7, 11) is 2.09. The third-order valence-electron chi connectivity index (χ3n) is 3.86. The number of carboxylic acids is 1. The molecule has 0 aliphatic carbocycles. The number of carboxylic acid groups (broad SMARTS) is 1. The molecular formula is C15H29N3O3. The van der Waals surface area contributed by atoms with Gasteiger partial charge in [-0.05, 0) is 44.2 Å². The zero-order valence-electron chi connectivity index (χ0n) is 13.4. The van der Waals surface area contributed by atoms with Crippen LogP contribution < -0.4 is 10.6 Å². The van der Waals surface area contributed by atoms with Crippen molar-refractivity contribution in [2.24, 2.45) is 17.8 Å². The van der Waals surface area contributed by atoms with E-state index in [9.17, 15) is 9.59 Å². The molecule has 1 saturated heterocycles. The molecule has 2 amide bonds. The third-order valence-corrected chi connectivity index (χ3v) is 3.86. The number of nitrogens with zero attached hydrogens (tertiary/aromatic N) is 1. The van der Waals surface area contributed by atoms with E-state index in [2.05, 4.69) is 36.4 Å². The number of aliphatic carboxylic acids is 1. The van der Waals surface area contributed by atoms with Crippen molar-refractivity contribution >= 4 is 12.0 Å². The molecule has 0 aromatic heterocycles. The summed E-state index contributed by atoms with van der Waals surface area (Å²) in [5.74, 6) is 0.127. The van der Waals surface area contributed by atoms with Gasteiger partial charge in [-0.2, -0.15) is 0 Å². The van der Waals surface area contributed by atoms with Gasteiger partial charge in [0, 0.05) is 26.1 Å². The fraction of sp³-hybridized carbons (Fsp3) is 0.867. The van der Waals surface area contributed by atoms with Gasteiger partial charge in [0.25, 0.3) is 0 Å². The Bertz CT molecular complexity index is 347. The summed E-state index contributed by atoms with van der Waals surface area (Å²) < 4.78 is 0. The molecule has 0 radical (unpaired) electrons. The van der Waals surface area contributed by atoms with E-state index < -0.39 is 5.97 Å². The van der Waals surface area contributed by atoms with Gasteiger partial charge in [0.1, 0.15) is 0 Å². The van der Waals surface area contributed by atoms with Crippen LogP contribution in [-0.2, 0) is 4.79 Å². The van der Waals surface area contributed by atoms with Gasteiger partial charge in [-0.25, -0.2) is 4.79 Å². The number of urea groups is 1. The van der Waals surface area contributed by atoms with E-state index in [4.69, 9.17) is 5.11 Å². The van der Waals surface area contributed by atoms with Crippen molar-refractivity contribution in [3.8, 4) is 0 Å². The largest absolute Gasteiger partial charge is 0.481 e. The van der Waals surface area contributed by atoms with Gasteiger partial charge >= 0.3 is 12.0 Å². The average molecular weight is 299 g/mol. The predicted octanol–water partition coefficient (Wildman–Crippen LogP) is 1.37. The van der Waals surface area contributed by atoms with Gasteiger partial charge in [0.05, 0.1) is 0 Å². The Morgan fingerprint density at radius 1 is 1.33 bits per heavy atom. The second-order valence-electron chi connectivity index (χ2n) is 6.60. The smallest absolute Gasteiger partial charge is 0.314 e. The van der Waals surface area contributed by atoms with Gasteiger partial charge < -0.3 is 20.6 Å². The number of amides is 2. The maximum absolute atomic E-state index is 11.8. The SMILES string of the molecule is CC(C)C[C@H](CNC(=O)NCC1CCN(C)C1)CC(=O)O. The maximum atomic E-state index is 11.8. The Morgan fingerprint density at radius 3 is 2.57 bits per heavy atom. The first kappa shape index (κ1) is 17.8. The first-order chi connectivity index (χ1) is 9.86. The van der Waals surface area contributed by atoms with Gasteiger partial charge in [-0.3, -0.25) is 4.79 Å². The molecular weight excluding hydrogens is 270 g/mol. The molecule has 0 bridgehead atoms. The number of carbonyl (C=O) groups excluding carboxylic acids is 1. The average Bonchev–Trinajstić information content (AvgIpc) is 2.78. The van der Waals surface area contributed by atoms with Crippen LogP contribution in [0.1, 0.15) is 33.1 Å². The summed E-state index contributed by atoms with van der Waals surface area (Å²) in [6.45, 7) is 7.33. The van der Waals surface area contributed by atoms with E-state index >= 15 is 0 Å². The second-order valence-corrected chi connectivity index (χ2v) is 6.60. The van der Waals surface area contributed by atoms with Gasteiger partial charge in [0.15, 0.2) is 0 Å². The Kier molecular flexibility index (Phi) is 7.50. The van der Waals surface area contributed by atoms with Crippen molar-refractivity contribution in [1.29, 1.82) is 0 Å². The molecule has 6 nitrogen and oxygen atoms in total.